The van der Waals surface area contributed by atoms with Crippen LogP contribution in [0.25, 0.3) is 0 Å². The van der Waals surface area contributed by atoms with Crippen molar-refractivity contribution in [3.8, 4) is 17.2 Å². The molecule has 3 aromatic carbocycles. The van der Waals surface area contributed by atoms with E-state index in [4.69, 9.17) is 14.2 Å². The van der Waals surface area contributed by atoms with Crippen LogP contribution in [0, 0.1) is 6.92 Å². The lowest BCUT2D eigenvalue weighted by molar-refractivity contribution is 0.0899. The molecule has 1 fully saturated rings. The maximum atomic E-state index is 13.5. The second-order valence-corrected chi connectivity index (χ2v) is 10.5. The lowest BCUT2D eigenvalue weighted by Gasteiger charge is -2.24. The Labute approximate surface area is 221 Å². The second kappa shape index (κ2) is 11.0. The van der Waals surface area contributed by atoms with E-state index in [1.165, 1.54) is 50.5 Å². The highest BCUT2D eigenvalue weighted by Gasteiger charge is 2.44. The molecule has 0 bridgehead atoms. The van der Waals surface area contributed by atoms with Crippen LogP contribution in [0.5, 0.6) is 17.2 Å². The third-order valence-corrected chi connectivity index (χ3v) is 7.96. The number of hydrogen-bond acceptors (Lipinski definition) is 7. The zero-order valence-corrected chi connectivity index (χ0v) is 22.3. The van der Waals surface area contributed by atoms with Gasteiger partial charge in [0.15, 0.2) is 11.5 Å². The van der Waals surface area contributed by atoms with E-state index in [-0.39, 0.29) is 35.0 Å². The molecule has 0 saturated carbocycles. The zero-order valence-electron chi connectivity index (χ0n) is 21.5. The molecule has 4 rings (SSSR count). The lowest BCUT2D eigenvalue weighted by atomic mass is 10.1. The van der Waals surface area contributed by atoms with E-state index >= 15 is 0 Å². The van der Waals surface area contributed by atoms with Crippen molar-refractivity contribution in [1.82, 2.24) is 14.5 Å². The van der Waals surface area contributed by atoms with Crippen LogP contribution in [0.3, 0.4) is 0 Å². The molecular formula is C27H29N3O7S. The molecular weight excluding hydrogens is 510 g/mol. The van der Waals surface area contributed by atoms with E-state index in [1.807, 2.05) is 37.3 Å². The number of nitrogens with zero attached hydrogens (tertiary/aromatic N) is 2. The molecule has 1 aliphatic rings. The fourth-order valence-electron chi connectivity index (χ4n) is 4.18. The molecule has 0 aliphatic carbocycles. The summed E-state index contributed by atoms with van der Waals surface area (Å²) >= 11 is 0. The predicted octanol–water partition coefficient (Wildman–Crippen LogP) is 3.40. The van der Waals surface area contributed by atoms with Gasteiger partial charge in [0.2, 0.25) is 5.75 Å². The Balaban J connectivity index is 1.67. The molecule has 0 radical (unpaired) electrons. The van der Waals surface area contributed by atoms with Gasteiger partial charge in [-0.1, -0.05) is 48.0 Å². The number of hydrogen-bond donors (Lipinski definition) is 1. The first-order valence-corrected chi connectivity index (χ1v) is 13.2. The Bertz CT molecular complexity index is 1400. The molecule has 1 N–H and O–H groups in total. The number of nitrogens with one attached hydrogen (secondary N) is 1. The Morgan fingerprint density at radius 3 is 2.11 bits per heavy atom. The first kappa shape index (κ1) is 26.8. The van der Waals surface area contributed by atoms with Gasteiger partial charge in [0.05, 0.1) is 32.8 Å². The van der Waals surface area contributed by atoms with Crippen LogP contribution in [0.2, 0.25) is 0 Å². The average Bonchev–Trinajstić information content (AvgIpc) is 3.23. The summed E-state index contributed by atoms with van der Waals surface area (Å²) in [6.45, 7) is 1.67. The van der Waals surface area contributed by atoms with E-state index in [2.05, 4.69) is 5.32 Å². The molecule has 1 saturated heterocycles. The van der Waals surface area contributed by atoms with Crippen molar-refractivity contribution in [2.45, 2.75) is 24.5 Å². The standard InChI is InChI=1S/C27H29N3O7S/c1-18-10-12-21(13-11-18)38(33,34)30-17-24(29(27(30)32)16-19-8-6-5-7-9-19)28-26(31)20-14-22(35-2)25(37-4)23(15-20)36-3/h5-15,24H,16-17H2,1-4H3,(H,28,31). The van der Waals surface area contributed by atoms with Crippen molar-refractivity contribution < 1.29 is 32.2 Å². The fourth-order valence-corrected chi connectivity index (χ4v) is 5.56. The van der Waals surface area contributed by atoms with Gasteiger partial charge >= 0.3 is 6.03 Å². The number of rotatable bonds is 9. The van der Waals surface area contributed by atoms with Gasteiger partial charge in [-0.2, -0.15) is 0 Å². The molecule has 1 unspecified atom stereocenters. The maximum Gasteiger partial charge on any atom is 0.336 e. The third kappa shape index (κ3) is 5.23. The van der Waals surface area contributed by atoms with Gasteiger partial charge < -0.3 is 19.5 Å². The van der Waals surface area contributed by atoms with Gasteiger partial charge in [-0.05, 0) is 36.8 Å². The highest BCUT2D eigenvalue weighted by molar-refractivity contribution is 7.89. The first-order valence-electron chi connectivity index (χ1n) is 11.7. The molecule has 3 aromatic rings. The summed E-state index contributed by atoms with van der Waals surface area (Å²) in [5, 5.41) is 2.81. The number of benzene rings is 3. The van der Waals surface area contributed by atoms with Crippen molar-refractivity contribution in [2.24, 2.45) is 0 Å². The SMILES string of the molecule is COc1cc(C(=O)NC2CN(S(=O)(=O)c3ccc(C)cc3)C(=O)N2Cc2ccccc2)cc(OC)c1OC. The van der Waals surface area contributed by atoms with Crippen molar-refractivity contribution in [2.75, 3.05) is 27.9 Å². The lowest BCUT2D eigenvalue weighted by Crippen LogP contribution is -2.46. The van der Waals surface area contributed by atoms with E-state index in [0.29, 0.717) is 5.75 Å². The molecule has 11 heteroatoms. The van der Waals surface area contributed by atoms with Crippen molar-refractivity contribution in [1.29, 1.82) is 0 Å². The van der Waals surface area contributed by atoms with Crippen LogP contribution in [-0.2, 0) is 16.6 Å². The number of carbonyl (C=O) groups excluding carboxylic acids is 2. The number of urea groups is 1. The summed E-state index contributed by atoms with van der Waals surface area (Å²) in [5.74, 6) is 0.340. The quantitative estimate of drug-likeness (QED) is 0.443. The molecule has 1 atom stereocenters. The smallest absolute Gasteiger partial charge is 0.336 e. The number of methoxy groups -OCH3 is 3. The van der Waals surface area contributed by atoms with Crippen LogP contribution in [0.4, 0.5) is 4.79 Å². The largest absolute Gasteiger partial charge is 0.493 e. The average molecular weight is 540 g/mol. The van der Waals surface area contributed by atoms with Crippen LogP contribution < -0.4 is 19.5 Å². The highest BCUT2D eigenvalue weighted by atomic mass is 32.2. The van der Waals surface area contributed by atoms with Gasteiger partial charge in [-0.15, -0.1) is 0 Å². The fraction of sp³-hybridized carbons (Fsp3) is 0.259. The summed E-state index contributed by atoms with van der Waals surface area (Å²) in [6.07, 6.45) is -0.936. The van der Waals surface area contributed by atoms with Gasteiger partial charge in [0.25, 0.3) is 15.9 Å². The molecule has 0 aromatic heterocycles. The molecule has 38 heavy (non-hydrogen) atoms. The zero-order chi connectivity index (χ0) is 27.4. The minimum absolute atomic E-state index is 0.00675. The molecule has 1 heterocycles. The van der Waals surface area contributed by atoms with Gasteiger partial charge in [-0.3, -0.25) is 9.69 Å². The summed E-state index contributed by atoms with van der Waals surface area (Å²) in [5.41, 5.74) is 1.85. The van der Waals surface area contributed by atoms with E-state index in [1.54, 1.807) is 12.1 Å². The Hall–Kier alpha value is -4.25. The van der Waals surface area contributed by atoms with E-state index in [0.717, 1.165) is 15.4 Å². The van der Waals surface area contributed by atoms with E-state index in [9.17, 15) is 18.0 Å². The van der Waals surface area contributed by atoms with E-state index < -0.39 is 28.1 Å². The summed E-state index contributed by atoms with van der Waals surface area (Å²) in [6, 6.07) is 17.6. The van der Waals surface area contributed by atoms with Crippen LogP contribution in [-0.4, -0.2) is 63.6 Å². The van der Waals surface area contributed by atoms with Gasteiger partial charge in [-0.25, -0.2) is 17.5 Å². The molecule has 200 valence electrons. The second-order valence-electron chi connectivity index (χ2n) is 8.65. The van der Waals surface area contributed by atoms with Crippen molar-refractivity contribution in [3.63, 3.8) is 0 Å². The number of ether oxygens (including phenoxy) is 3. The Morgan fingerprint density at radius 1 is 0.947 bits per heavy atom. The van der Waals surface area contributed by atoms with Crippen LogP contribution in [0.1, 0.15) is 21.5 Å². The Kier molecular flexibility index (Phi) is 7.77. The first-order chi connectivity index (χ1) is 18.2. The number of sulfonamides is 1. The molecule has 1 aliphatic heterocycles. The predicted molar refractivity (Wildman–Crippen MR) is 140 cm³/mol. The maximum absolute atomic E-state index is 13.5. The van der Waals surface area contributed by atoms with Crippen LogP contribution in [0.15, 0.2) is 71.6 Å². The van der Waals surface area contributed by atoms with Crippen molar-refractivity contribution in [3.05, 3.63) is 83.4 Å². The monoisotopic (exact) mass is 539 g/mol. The number of carbonyl (C=O) groups is 2. The summed E-state index contributed by atoms with van der Waals surface area (Å²) in [4.78, 5) is 28.1. The minimum Gasteiger partial charge on any atom is -0.493 e. The number of amides is 3. The topological polar surface area (TPSA) is 114 Å². The highest BCUT2D eigenvalue weighted by Crippen LogP contribution is 2.38. The summed E-state index contributed by atoms with van der Waals surface area (Å²) in [7, 11) is 0.163. The van der Waals surface area contributed by atoms with Gasteiger partial charge in [0.1, 0.15) is 6.17 Å². The normalized spacial score (nSPS) is 15.4. The van der Waals surface area contributed by atoms with Crippen molar-refractivity contribution >= 4 is 22.0 Å². The minimum atomic E-state index is -4.16. The van der Waals surface area contributed by atoms with Gasteiger partial charge in [0, 0.05) is 12.1 Å². The van der Waals surface area contributed by atoms with Crippen LogP contribution >= 0.6 is 0 Å². The summed E-state index contributed by atoms with van der Waals surface area (Å²) < 4.78 is 43.6. The molecule has 10 nitrogen and oxygen atoms in total. The Morgan fingerprint density at radius 2 is 1.55 bits per heavy atom. The molecule has 3 amide bonds. The molecule has 0 spiro atoms. The number of aryl methyl sites for hydroxylation is 1. The third-order valence-electron chi connectivity index (χ3n) is 6.20.